The minimum Gasteiger partial charge on any atom is -0.308 e. The lowest BCUT2D eigenvalue weighted by Crippen LogP contribution is -2.36. The molecule has 0 saturated heterocycles. The highest BCUT2D eigenvalue weighted by atomic mass is 32.2. The summed E-state index contributed by atoms with van der Waals surface area (Å²) in [6.07, 6.45) is 1.59. The summed E-state index contributed by atoms with van der Waals surface area (Å²) in [5, 5.41) is 0. The minimum atomic E-state index is -3.51. The normalized spacial score (nSPS) is 14.2. The Morgan fingerprint density at radius 2 is 1.79 bits per heavy atom. The van der Waals surface area contributed by atoms with Crippen molar-refractivity contribution in [2.75, 3.05) is 24.5 Å². The molecule has 0 N–H and O–H groups in total. The van der Waals surface area contributed by atoms with Crippen molar-refractivity contribution in [3.05, 3.63) is 58.7 Å². The number of nitrogens with zero attached hydrogens (tertiary/aromatic N) is 2. The van der Waals surface area contributed by atoms with E-state index in [9.17, 15) is 13.2 Å². The Labute approximate surface area is 168 Å². The monoisotopic (exact) mass is 400 g/mol. The maximum absolute atomic E-state index is 13.2. The third kappa shape index (κ3) is 3.71. The summed E-state index contributed by atoms with van der Waals surface area (Å²) in [5.41, 5.74) is 4.50. The van der Waals surface area contributed by atoms with Crippen molar-refractivity contribution in [1.82, 2.24) is 4.31 Å². The summed E-state index contributed by atoms with van der Waals surface area (Å²) >= 11 is 0. The first-order valence-corrected chi connectivity index (χ1v) is 11.3. The van der Waals surface area contributed by atoms with Crippen LogP contribution in [0.2, 0.25) is 0 Å². The zero-order valence-electron chi connectivity index (χ0n) is 17.0. The number of benzene rings is 2. The highest BCUT2D eigenvalue weighted by Crippen LogP contribution is 2.32. The van der Waals surface area contributed by atoms with Gasteiger partial charge in [0.15, 0.2) is 0 Å². The zero-order valence-corrected chi connectivity index (χ0v) is 17.8. The van der Waals surface area contributed by atoms with E-state index in [-0.39, 0.29) is 5.91 Å². The molecular weight excluding hydrogens is 372 g/mol. The average Bonchev–Trinajstić information content (AvgIpc) is 2.67. The third-order valence-corrected chi connectivity index (χ3v) is 7.42. The van der Waals surface area contributed by atoms with Crippen LogP contribution in [0.25, 0.3) is 0 Å². The Bertz CT molecular complexity index is 995. The van der Waals surface area contributed by atoms with E-state index < -0.39 is 10.0 Å². The van der Waals surface area contributed by atoms with E-state index in [1.54, 1.807) is 23.1 Å². The Morgan fingerprint density at radius 3 is 2.43 bits per heavy atom. The van der Waals surface area contributed by atoms with Crippen LogP contribution >= 0.6 is 0 Å². The van der Waals surface area contributed by atoms with E-state index in [0.717, 1.165) is 35.2 Å². The van der Waals surface area contributed by atoms with Crippen molar-refractivity contribution in [3.8, 4) is 0 Å². The molecule has 2 aromatic rings. The topological polar surface area (TPSA) is 57.7 Å². The first kappa shape index (κ1) is 20.6. The van der Waals surface area contributed by atoms with Crippen LogP contribution in [0, 0.1) is 13.8 Å². The SMILES string of the molecule is CCN(CC)S(=O)(=O)c1ccc2c(c1)CCCN2C(=O)c1ccc(C)cc1C. The molecule has 0 unspecified atom stereocenters. The fourth-order valence-corrected chi connectivity index (χ4v) is 5.37. The van der Waals surface area contributed by atoms with Gasteiger partial charge in [0.1, 0.15) is 0 Å². The molecule has 28 heavy (non-hydrogen) atoms. The van der Waals surface area contributed by atoms with Crippen LogP contribution in [0.15, 0.2) is 41.3 Å². The lowest BCUT2D eigenvalue weighted by molar-refractivity contribution is 0.0984. The summed E-state index contributed by atoms with van der Waals surface area (Å²) in [7, 11) is -3.51. The third-order valence-electron chi connectivity index (χ3n) is 5.37. The van der Waals surface area contributed by atoms with Crippen LogP contribution in [0.1, 0.15) is 47.3 Å². The average molecular weight is 401 g/mol. The number of anilines is 1. The zero-order chi connectivity index (χ0) is 20.5. The van der Waals surface area contributed by atoms with Gasteiger partial charge in [-0.3, -0.25) is 4.79 Å². The van der Waals surface area contributed by atoms with E-state index in [2.05, 4.69) is 0 Å². The molecule has 5 nitrogen and oxygen atoms in total. The van der Waals surface area contributed by atoms with Gasteiger partial charge in [-0.1, -0.05) is 31.5 Å². The molecule has 0 bridgehead atoms. The molecule has 1 amide bonds. The molecule has 150 valence electrons. The number of fused-ring (bicyclic) bond motifs is 1. The maximum Gasteiger partial charge on any atom is 0.258 e. The molecule has 0 saturated carbocycles. The number of carbonyl (C=O) groups excluding carboxylic acids is 1. The van der Waals surface area contributed by atoms with E-state index >= 15 is 0 Å². The largest absolute Gasteiger partial charge is 0.308 e. The van der Waals surface area contributed by atoms with Gasteiger partial charge in [-0.25, -0.2) is 8.42 Å². The molecule has 1 heterocycles. The van der Waals surface area contributed by atoms with E-state index in [1.165, 1.54) is 4.31 Å². The van der Waals surface area contributed by atoms with Gasteiger partial charge in [-0.15, -0.1) is 0 Å². The Balaban J connectivity index is 1.98. The molecular formula is C22H28N2O3S. The van der Waals surface area contributed by atoms with Crippen molar-refractivity contribution < 1.29 is 13.2 Å². The van der Waals surface area contributed by atoms with Gasteiger partial charge < -0.3 is 4.90 Å². The first-order chi connectivity index (χ1) is 13.3. The number of sulfonamides is 1. The molecule has 6 heteroatoms. The quantitative estimate of drug-likeness (QED) is 0.764. The van der Waals surface area contributed by atoms with Crippen LogP contribution in [-0.2, 0) is 16.4 Å². The van der Waals surface area contributed by atoms with Gasteiger partial charge in [-0.05, 0) is 62.1 Å². The standard InChI is InChI=1S/C22H28N2O3S/c1-5-23(6-2)28(26,27)19-10-12-21-18(15-19)8-7-13-24(21)22(25)20-11-9-16(3)14-17(20)4/h9-12,14-15H,5-8,13H2,1-4H3. The number of amides is 1. The molecule has 0 atom stereocenters. The lowest BCUT2D eigenvalue weighted by atomic mass is 9.99. The minimum absolute atomic E-state index is 0.0298. The van der Waals surface area contributed by atoms with Gasteiger partial charge in [0.05, 0.1) is 4.90 Å². The molecule has 1 aliphatic rings. The highest BCUT2D eigenvalue weighted by molar-refractivity contribution is 7.89. The number of hydrogen-bond donors (Lipinski definition) is 0. The van der Waals surface area contributed by atoms with Crippen molar-refractivity contribution in [1.29, 1.82) is 0 Å². The molecule has 0 aromatic heterocycles. The van der Waals surface area contributed by atoms with E-state index in [4.69, 9.17) is 0 Å². The van der Waals surface area contributed by atoms with Crippen molar-refractivity contribution in [3.63, 3.8) is 0 Å². The van der Waals surface area contributed by atoms with Crippen molar-refractivity contribution in [2.24, 2.45) is 0 Å². The predicted octanol–water partition coefficient (Wildman–Crippen LogP) is 3.93. The van der Waals surface area contributed by atoms with E-state index in [0.29, 0.717) is 30.1 Å². The van der Waals surface area contributed by atoms with Gasteiger partial charge in [0.2, 0.25) is 10.0 Å². The first-order valence-electron chi connectivity index (χ1n) is 9.81. The van der Waals surface area contributed by atoms with Crippen LogP contribution in [0.5, 0.6) is 0 Å². The lowest BCUT2D eigenvalue weighted by Gasteiger charge is -2.31. The summed E-state index contributed by atoms with van der Waals surface area (Å²) in [5.74, 6) is -0.0298. The van der Waals surface area contributed by atoms with Crippen LogP contribution in [-0.4, -0.2) is 38.3 Å². The summed E-state index contributed by atoms with van der Waals surface area (Å²) < 4.78 is 27.1. The summed E-state index contributed by atoms with van der Waals surface area (Å²) in [4.78, 5) is 15.3. The maximum atomic E-state index is 13.2. The molecule has 0 fully saturated rings. The Kier molecular flexibility index (Phi) is 5.91. The number of aryl methyl sites for hydroxylation is 3. The molecule has 0 spiro atoms. The molecule has 1 aliphatic heterocycles. The number of carbonyl (C=O) groups is 1. The molecule has 0 radical (unpaired) electrons. The predicted molar refractivity (Wildman–Crippen MR) is 112 cm³/mol. The van der Waals surface area contributed by atoms with Crippen molar-refractivity contribution in [2.45, 2.75) is 45.4 Å². The fourth-order valence-electron chi connectivity index (χ4n) is 3.86. The number of rotatable bonds is 5. The summed E-state index contributed by atoms with van der Waals surface area (Å²) in [6.45, 7) is 9.15. The van der Waals surface area contributed by atoms with Gasteiger partial charge in [0, 0.05) is 30.9 Å². The van der Waals surface area contributed by atoms with Gasteiger partial charge in [-0.2, -0.15) is 4.31 Å². The fraction of sp³-hybridized carbons (Fsp3) is 0.409. The van der Waals surface area contributed by atoms with Crippen LogP contribution in [0.3, 0.4) is 0 Å². The van der Waals surface area contributed by atoms with Crippen LogP contribution in [0.4, 0.5) is 5.69 Å². The second kappa shape index (κ2) is 8.05. The molecule has 2 aromatic carbocycles. The molecule has 3 rings (SSSR count). The van der Waals surface area contributed by atoms with Gasteiger partial charge >= 0.3 is 0 Å². The van der Waals surface area contributed by atoms with E-state index in [1.807, 2.05) is 45.9 Å². The summed E-state index contributed by atoms with van der Waals surface area (Å²) in [6, 6.07) is 11.0. The second-order valence-corrected chi connectivity index (χ2v) is 9.20. The molecule has 0 aliphatic carbocycles. The second-order valence-electron chi connectivity index (χ2n) is 7.26. The Hall–Kier alpha value is -2.18. The van der Waals surface area contributed by atoms with Crippen molar-refractivity contribution >= 4 is 21.6 Å². The smallest absolute Gasteiger partial charge is 0.258 e. The number of hydrogen-bond acceptors (Lipinski definition) is 3. The van der Waals surface area contributed by atoms with Crippen LogP contribution < -0.4 is 4.90 Å². The highest BCUT2D eigenvalue weighted by Gasteiger charge is 2.28. The van der Waals surface area contributed by atoms with Gasteiger partial charge in [0.25, 0.3) is 5.91 Å². The Morgan fingerprint density at radius 1 is 1.07 bits per heavy atom.